The van der Waals surface area contributed by atoms with Crippen molar-refractivity contribution in [1.82, 2.24) is 9.97 Å². The molecule has 4 nitrogen and oxygen atoms in total. The Balaban J connectivity index is 2.47. The summed E-state index contributed by atoms with van der Waals surface area (Å²) in [5, 5.41) is 6.77. The van der Waals surface area contributed by atoms with E-state index >= 15 is 0 Å². The van der Waals surface area contributed by atoms with Crippen LogP contribution in [-0.2, 0) is 0 Å². The van der Waals surface area contributed by atoms with E-state index in [1.54, 1.807) is 0 Å². The molecular formula is C16H30N4. The first kappa shape index (κ1) is 16.7. The van der Waals surface area contributed by atoms with Gasteiger partial charge in [0.25, 0.3) is 0 Å². The van der Waals surface area contributed by atoms with E-state index in [4.69, 9.17) is 0 Å². The Morgan fingerprint density at radius 3 is 1.70 bits per heavy atom. The predicted molar refractivity (Wildman–Crippen MR) is 87.1 cm³/mol. The number of nitrogens with one attached hydrogen (secondary N) is 2. The van der Waals surface area contributed by atoms with Crippen LogP contribution in [0.4, 0.5) is 11.6 Å². The Morgan fingerprint density at radius 2 is 1.25 bits per heavy atom. The highest BCUT2D eigenvalue weighted by molar-refractivity contribution is 5.42. The number of hydrogen-bond donors (Lipinski definition) is 2. The molecule has 4 heteroatoms. The van der Waals surface area contributed by atoms with E-state index in [0.29, 0.717) is 29.9 Å². The second-order valence-corrected chi connectivity index (χ2v) is 6.65. The van der Waals surface area contributed by atoms with E-state index in [2.05, 4.69) is 62.1 Å². The lowest BCUT2D eigenvalue weighted by Gasteiger charge is -2.18. The van der Waals surface area contributed by atoms with Crippen molar-refractivity contribution >= 4 is 11.6 Å². The molecule has 1 aromatic rings. The van der Waals surface area contributed by atoms with Gasteiger partial charge in [-0.1, -0.05) is 27.7 Å². The first-order valence-corrected chi connectivity index (χ1v) is 7.72. The lowest BCUT2D eigenvalue weighted by molar-refractivity contribution is 0.537. The van der Waals surface area contributed by atoms with Crippen LogP contribution in [0.1, 0.15) is 54.4 Å². The maximum absolute atomic E-state index is 4.37. The van der Waals surface area contributed by atoms with Crippen molar-refractivity contribution in [2.45, 2.75) is 66.5 Å². The molecule has 0 saturated heterocycles. The Morgan fingerprint density at radius 1 is 0.800 bits per heavy atom. The zero-order valence-corrected chi connectivity index (χ0v) is 13.8. The van der Waals surface area contributed by atoms with Gasteiger partial charge in [0.1, 0.15) is 0 Å². The molecule has 0 aliphatic rings. The van der Waals surface area contributed by atoms with E-state index in [9.17, 15) is 0 Å². The number of nitrogens with zero attached hydrogens (tertiary/aromatic N) is 2. The third-order valence-corrected chi connectivity index (χ3v) is 3.09. The maximum Gasteiger partial charge on any atom is 0.222 e. The summed E-state index contributed by atoms with van der Waals surface area (Å²) in [4.78, 5) is 8.75. The summed E-state index contributed by atoms with van der Waals surface area (Å²) in [5.74, 6) is 2.08. The molecule has 2 unspecified atom stereocenters. The van der Waals surface area contributed by atoms with Crippen molar-refractivity contribution in [3.05, 3.63) is 12.4 Å². The van der Waals surface area contributed by atoms with Gasteiger partial charge in [0.05, 0.1) is 18.1 Å². The standard InChI is InChI=1S/C16H30N4/c1-11(2)7-13(5)19-15-9-17-16(18-10-15)20-14(6)8-12(3)4/h9-14,19H,7-8H2,1-6H3,(H,17,18,20). The van der Waals surface area contributed by atoms with Gasteiger partial charge in [-0.2, -0.15) is 0 Å². The topological polar surface area (TPSA) is 49.8 Å². The Labute approximate surface area is 123 Å². The van der Waals surface area contributed by atoms with Gasteiger partial charge in [0.2, 0.25) is 5.95 Å². The molecule has 1 heterocycles. The molecule has 1 rings (SSSR count). The fraction of sp³-hybridized carbons (Fsp3) is 0.750. The van der Waals surface area contributed by atoms with Crippen LogP contribution in [0.2, 0.25) is 0 Å². The van der Waals surface area contributed by atoms with Gasteiger partial charge in [0, 0.05) is 12.1 Å². The normalized spacial score (nSPS) is 14.4. The molecule has 114 valence electrons. The average Bonchev–Trinajstić information content (AvgIpc) is 2.29. The fourth-order valence-electron chi connectivity index (χ4n) is 2.51. The molecule has 2 atom stereocenters. The van der Waals surface area contributed by atoms with Crippen molar-refractivity contribution in [2.75, 3.05) is 10.6 Å². The molecule has 0 amide bonds. The highest BCUT2D eigenvalue weighted by atomic mass is 15.1. The molecule has 0 aliphatic carbocycles. The highest BCUT2D eigenvalue weighted by Gasteiger charge is 2.08. The summed E-state index contributed by atoms with van der Waals surface area (Å²) < 4.78 is 0. The van der Waals surface area contributed by atoms with E-state index in [1.165, 1.54) is 0 Å². The fourth-order valence-corrected chi connectivity index (χ4v) is 2.51. The average molecular weight is 278 g/mol. The summed E-state index contributed by atoms with van der Waals surface area (Å²) in [6, 6.07) is 0.839. The van der Waals surface area contributed by atoms with Crippen molar-refractivity contribution in [2.24, 2.45) is 11.8 Å². The minimum atomic E-state index is 0.397. The Bertz CT molecular complexity index is 336. The highest BCUT2D eigenvalue weighted by Crippen LogP contribution is 2.13. The van der Waals surface area contributed by atoms with Crippen LogP contribution in [0.15, 0.2) is 12.4 Å². The van der Waals surface area contributed by atoms with E-state index < -0.39 is 0 Å². The molecule has 0 spiro atoms. The molecule has 20 heavy (non-hydrogen) atoms. The first-order chi connectivity index (χ1) is 9.36. The molecule has 0 aromatic carbocycles. The molecule has 0 radical (unpaired) electrons. The summed E-state index contributed by atoms with van der Waals surface area (Å²) in [6.45, 7) is 13.3. The van der Waals surface area contributed by atoms with Gasteiger partial charge in [-0.05, 0) is 38.5 Å². The summed E-state index contributed by atoms with van der Waals surface area (Å²) in [6.07, 6.45) is 5.97. The molecular weight excluding hydrogens is 248 g/mol. The van der Waals surface area contributed by atoms with Gasteiger partial charge in [-0.15, -0.1) is 0 Å². The third kappa shape index (κ3) is 6.73. The lowest BCUT2D eigenvalue weighted by Crippen LogP contribution is -2.20. The number of aromatic nitrogens is 2. The quantitative estimate of drug-likeness (QED) is 0.749. The van der Waals surface area contributed by atoms with Crippen molar-refractivity contribution in [3.8, 4) is 0 Å². The molecule has 1 aromatic heterocycles. The SMILES string of the molecule is CC(C)CC(C)Nc1cnc(NC(C)CC(C)C)nc1. The van der Waals surface area contributed by atoms with E-state index in [0.717, 1.165) is 18.5 Å². The van der Waals surface area contributed by atoms with Crippen LogP contribution in [0.3, 0.4) is 0 Å². The minimum Gasteiger partial charge on any atom is -0.380 e. The summed E-state index contributed by atoms with van der Waals surface area (Å²) in [7, 11) is 0. The molecule has 0 fully saturated rings. The number of hydrogen-bond acceptors (Lipinski definition) is 4. The molecule has 0 saturated carbocycles. The van der Waals surface area contributed by atoms with Gasteiger partial charge in [-0.25, -0.2) is 9.97 Å². The van der Waals surface area contributed by atoms with Crippen LogP contribution in [0, 0.1) is 11.8 Å². The van der Waals surface area contributed by atoms with Gasteiger partial charge in [-0.3, -0.25) is 0 Å². The van der Waals surface area contributed by atoms with Crippen molar-refractivity contribution < 1.29 is 0 Å². The molecule has 0 bridgehead atoms. The van der Waals surface area contributed by atoms with Crippen LogP contribution in [-0.4, -0.2) is 22.1 Å². The van der Waals surface area contributed by atoms with Gasteiger partial charge in [0.15, 0.2) is 0 Å². The monoisotopic (exact) mass is 278 g/mol. The number of anilines is 2. The maximum atomic E-state index is 4.37. The summed E-state index contributed by atoms with van der Waals surface area (Å²) in [5.41, 5.74) is 0.986. The van der Waals surface area contributed by atoms with Crippen LogP contribution >= 0.6 is 0 Å². The van der Waals surface area contributed by atoms with Crippen LogP contribution < -0.4 is 10.6 Å². The minimum absolute atomic E-state index is 0.397. The molecule has 2 N–H and O–H groups in total. The van der Waals surface area contributed by atoms with Crippen LogP contribution in [0.25, 0.3) is 0 Å². The number of rotatable bonds is 8. The van der Waals surface area contributed by atoms with E-state index in [-0.39, 0.29) is 0 Å². The molecule has 0 aliphatic heterocycles. The zero-order valence-electron chi connectivity index (χ0n) is 13.8. The van der Waals surface area contributed by atoms with Crippen molar-refractivity contribution in [3.63, 3.8) is 0 Å². The Hall–Kier alpha value is -1.32. The predicted octanol–water partition coefficient (Wildman–Crippen LogP) is 4.17. The van der Waals surface area contributed by atoms with E-state index in [1.807, 2.05) is 12.4 Å². The second kappa shape index (κ2) is 8.08. The van der Waals surface area contributed by atoms with Gasteiger partial charge >= 0.3 is 0 Å². The van der Waals surface area contributed by atoms with Crippen LogP contribution in [0.5, 0.6) is 0 Å². The second-order valence-electron chi connectivity index (χ2n) is 6.65. The third-order valence-electron chi connectivity index (χ3n) is 3.09. The smallest absolute Gasteiger partial charge is 0.222 e. The first-order valence-electron chi connectivity index (χ1n) is 7.72. The van der Waals surface area contributed by atoms with Crippen molar-refractivity contribution in [1.29, 1.82) is 0 Å². The van der Waals surface area contributed by atoms with Gasteiger partial charge < -0.3 is 10.6 Å². The lowest BCUT2D eigenvalue weighted by atomic mass is 10.1. The zero-order chi connectivity index (χ0) is 15.1. The summed E-state index contributed by atoms with van der Waals surface area (Å²) >= 11 is 0. The Kier molecular flexibility index (Phi) is 6.76. The largest absolute Gasteiger partial charge is 0.380 e.